The molecule has 0 fully saturated rings. The van der Waals surface area contributed by atoms with Crippen molar-refractivity contribution >= 4 is 5.95 Å². The molecule has 0 aromatic carbocycles. The smallest absolute Gasteiger partial charge is 0.223 e. The highest BCUT2D eigenvalue weighted by molar-refractivity contribution is 5.29. The van der Waals surface area contributed by atoms with Crippen LogP contribution in [-0.2, 0) is 0 Å². The van der Waals surface area contributed by atoms with E-state index in [1.165, 1.54) is 0 Å². The lowest BCUT2D eigenvalue weighted by molar-refractivity contribution is 0.0514. The molecule has 1 atom stereocenters. The third-order valence-corrected chi connectivity index (χ3v) is 2.94. The first-order valence-corrected chi connectivity index (χ1v) is 7.01. The van der Waals surface area contributed by atoms with Gasteiger partial charge >= 0.3 is 0 Å². The van der Waals surface area contributed by atoms with Gasteiger partial charge in [0.05, 0.1) is 5.60 Å². The Morgan fingerprint density at radius 3 is 2.42 bits per heavy atom. The van der Waals surface area contributed by atoms with Gasteiger partial charge in [-0.2, -0.15) is 0 Å². The van der Waals surface area contributed by atoms with Crippen LogP contribution >= 0.6 is 0 Å². The van der Waals surface area contributed by atoms with E-state index in [-0.39, 0.29) is 0 Å². The van der Waals surface area contributed by atoms with E-state index in [1.54, 1.807) is 0 Å². The molecule has 0 spiro atoms. The average molecular weight is 265 g/mol. The number of rotatable bonds is 6. The van der Waals surface area contributed by atoms with Crippen LogP contribution in [0.25, 0.3) is 0 Å². The molecule has 0 aliphatic carbocycles. The number of hydrogen-bond acceptors (Lipinski definition) is 4. The maximum Gasteiger partial charge on any atom is 0.223 e. The molecule has 0 bridgehead atoms. The van der Waals surface area contributed by atoms with Gasteiger partial charge in [0.2, 0.25) is 5.95 Å². The molecular weight excluding hydrogens is 238 g/mol. The highest BCUT2D eigenvalue weighted by Gasteiger charge is 2.22. The summed E-state index contributed by atoms with van der Waals surface area (Å²) >= 11 is 0. The summed E-state index contributed by atoms with van der Waals surface area (Å²) in [5, 5.41) is 13.4. The van der Waals surface area contributed by atoms with E-state index in [9.17, 15) is 5.11 Å². The third-order valence-electron chi connectivity index (χ3n) is 2.94. The van der Waals surface area contributed by atoms with Crippen molar-refractivity contribution in [1.82, 2.24) is 9.97 Å². The van der Waals surface area contributed by atoms with E-state index in [0.717, 1.165) is 17.8 Å². The number of hydrogen-bond donors (Lipinski definition) is 2. The molecule has 0 aliphatic rings. The van der Waals surface area contributed by atoms with Crippen LogP contribution in [-0.4, -0.2) is 27.2 Å². The fraction of sp³-hybridized carbons (Fsp3) is 0.733. The highest BCUT2D eigenvalue weighted by Crippen LogP contribution is 2.18. The Labute approximate surface area is 116 Å². The minimum Gasteiger partial charge on any atom is -0.388 e. The molecule has 19 heavy (non-hydrogen) atoms. The Bertz CT molecular complexity index is 414. The van der Waals surface area contributed by atoms with Crippen LogP contribution in [0, 0.1) is 12.8 Å². The topological polar surface area (TPSA) is 58.0 Å². The van der Waals surface area contributed by atoms with Crippen molar-refractivity contribution in [2.75, 3.05) is 11.9 Å². The van der Waals surface area contributed by atoms with Gasteiger partial charge in [-0.05, 0) is 38.2 Å². The SMILES string of the molecule is Cc1cc(C(C)C)nc(NCC(C)(O)CC(C)C)n1. The monoisotopic (exact) mass is 265 g/mol. The van der Waals surface area contributed by atoms with Crippen LogP contribution in [0.15, 0.2) is 6.07 Å². The van der Waals surface area contributed by atoms with Crippen LogP contribution in [0.3, 0.4) is 0 Å². The molecule has 4 heteroatoms. The quantitative estimate of drug-likeness (QED) is 0.829. The summed E-state index contributed by atoms with van der Waals surface area (Å²) in [6, 6.07) is 2.00. The number of nitrogens with one attached hydrogen (secondary N) is 1. The lowest BCUT2D eigenvalue weighted by Gasteiger charge is -2.25. The molecule has 1 aromatic heterocycles. The number of anilines is 1. The molecule has 0 aliphatic heterocycles. The summed E-state index contributed by atoms with van der Waals surface area (Å²) in [6.07, 6.45) is 0.753. The maximum absolute atomic E-state index is 10.3. The van der Waals surface area contributed by atoms with Gasteiger partial charge in [-0.25, -0.2) is 9.97 Å². The van der Waals surface area contributed by atoms with Gasteiger partial charge in [0.15, 0.2) is 0 Å². The van der Waals surface area contributed by atoms with Gasteiger partial charge in [-0.1, -0.05) is 27.7 Å². The largest absolute Gasteiger partial charge is 0.388 e. The van der Waals surface area contributed by atoms with Crippen LogP contribution in [0.2, 0.25) is 0 Å². The Balaban J connectivity index is 2.72. The summed E-state index contributed by atoms with van der Waals surface area (Å²) in [7, 11) is 0. The molecule has 0 amide bonds. The number of nitrogens with zero attached hydrogens (tertiary/aromatic N) is 2. The minimum absolute atomic E-state index is 0.374. The summed E-state index contributed by atoms with van der Waals surface area (Å²) in [5.41, 5.74) is 1.24. The Hall–Kier alpha value is -1.16. The van der Waals surface area contributed by atoms with Gasteiger partial charge in [0.1, 0.15) is 0 Å². The Kier molecular flexibility index (Phi) is 5.29. The summed E-state index contributed by atoms with van der Waals surface area (Å²) in [4.78, 5) is 8.85. The zero-order valence-electron chi connectivity index (χ0n) is 13.0. The first-order chi connectivity index (χ1) is 8.69. The van der Waals surface area contributed by atoms with Crippen molar-refractivity contribution in [3.8, 4) is 0 Å². The standard InChI is InChI=1S/C15H27N3O/c1-10(2)8-15(6,19)9-16-14-17-12(5)7-13(18-14)11(3)4/h7,10-11,19H,8-9H2,1-6H3,(H,16,17,18). The summed E-state index contributed by atoms with van der Waals surface area (Å²) in [5.74, 6) is 1.44. The van der Waals surface area contributed by atoms with Crippen LogP contribution in [0.1, 0.15) is 58.3 Å². The second-order valence-electron chi connectivity index (χ2n) is 6.36. The summed E-state index contributed by atoms with van der Waals surface area (Å²) in [6.45, 7) is 12.7. The molecule has 4 nitrogen and oxygen atoms in total. The molecule has 108 valence electrons. The first kappa shape index (κ1) is 15.9. The van der Waals surface area contributed by atoms with Gasteiger partial charge in [-0.3, -0.25) is 0 Å². The lowest BCUT2D eigenvalue weighted by atomic mass is 9.94. The van der Waals surface area contributed by atoms with Crippen molar-refractivity contribution in [3.05, 3.63) is 17.5 Å². The molecule has 1 heterocycles. The van der Waals surface area contributed by atoms with E-state index >= 15 is 0 Å². The molecular formula is C15H27N3O. The number of aliphatic hydroxyl groups is 1. The Morgan fingerprint density at radius 1 is 1.26 bits per heavy atom. The van der Waals surface area contributed by atoms with Crippen molar-refractivity contribution < 1.29 is 5.11 Å². The summed E-state index contributed by atoms with van der Waals surface area (Å²) < 4.78 is 0. The van der Waals surface area contributed by atoms with Gasteiger partial charge < -0.3 is 10.4 Å². The van der Waals surface area contributed by atoms with Crippen molar-refractivity contribution in [2.45, 2.75) is 59.5 Å². The van der Waals surface area contributed by atoms with Gasteiger partial charge in [0, 0.05) is 17.9 Å². The van der Waals surface area contributed by atoms with Crippen LogP contribution < -0.4 is 5.32 Å². The normalized spacial score (nSPS) is 14.8. The Morgan fingerprint density at radius 2 is 1.89 bits per heavy atom. The molecule has 2 N–H and O–H groups in total. The van der Waals surface area contributed by atoms with Crippen LogP contribution in [0.5, 0.6) is 0 Å². The van der Waals surface area contributed by atoms with E-state index in [1.807, 2.05) is 19.9 Å². The predicted octanol–water partition coefficient (Wildman–Crippen LogP) is 3.12. The van der Waals surface area contributed by atoms with E-state index in [4.69, 9.17) is 0 Å². The molecule has 1 rings (SSSR count). The zero-order chi connectivity index (χ0) is 14.6. The molecule has 0 saturated carbocycles. The predicted molar refractivity (Wildman–Crippen MR) is 79.4 cm³/mol. The number of aromatic nitrogens is 2. The van der Waals surface area contributed by atoms with E-state index < -0.39 is 5.60 Å². The molecule has 1 aromatic rings. The first-order valence-electron chi connectivity index (χ1n) is 7.01. The molecule has 0 radical (unpaired) electrons. The highest BCUT2D eigenvalue weighted by atomic mass is 16.3. The maximum atomic E-state index is 10.3. The van der Waals surface area contributed by atoms with Crippen molar-refractivity contribution in [1.29, 1.82) is 0 Å². The molecule has 0 saturated heterocycles. The minimum atomic E-state index is -0.737. The number of aryl methyl sites for hydroxylation is 1. The van der Waals surface area contributed by atoms with Crippen molar-refractivity contribution in [2.24, 2.45) is 5.92 Å². The molecule has 1 unspecified atom stereocenters. The lowest BCUT2D eigenvalue weighted by Crippen LogP contribution is -2.35. The third kappa shape index (κ3) is 5.55. The zero-order valence-corrected chi connectivity index (χ0v) is 13.0. The fourth-order valence-corrected chi connectivity index (χ4v) is 2.19. The fourth-order valence-electron chi connectivity index (χ4n) is 2.19. The van der Waals surface area contributed by atoms with E-state index in [2.05, 4.69) is 43.0 Å². The second-order valence-corrected chi connectivity index (χ2v) is 6.36. The average Bonchev–Trinajstić information content (AvgIpc) is 2.24. The van der Waals surface area contributed by atoms with Crippen molar-refractivity contribution in [3.63, 3.8) is 0 Å². The van der Waals surface area contributed by atoms with E-state index in [0.29, 0.717) is 24.3 Å². The van der Waals surface area contributed by atoms with Gasteiger partial charge in [0.25, 0.3) is 0 Å². The van der Waals surface area contributed by atoms with Gasteiger partial charge in [-0.15, -0.1) is 0 Å². The van der Waals surface area contributed by atoms with Crippen LogP contribution in [0.4, 0.5) is 5.95 Å². The second kappa shape index (κ2) is 6.33.